The fraction of sp³-hybridized carbons (Fsp3) is 0.545. The van der Waals surface area contributed by atoms with Crippen LogP contribution in [0.15, 0.2) is 6.07 Å². The third-order valence-electron chi connectivity index (χ3n) is 2.58. The van der Waals surface area contributed by atoms with E-state index >= 15 is 0 Å². The van der Waals surface area contributed by atoms with Crippen LogP contribution in [0.25, 0.3) is 0 Å². The van der Waals surface area contributed by atoms with Gasteiger partial charge < -0.3 is 15.2 Å². The zero-order valence-corrected chi connectivity index (χ0v) is 9.77. The van der Waals surface area contributed by atoms with E-state index in [4.69, 9.17) is 20.6 Å². The van der Waals surface area contributed by atoms with Crippen LogP contribution >= 0.6 is 0 Å². The number of hydrogen-bond donors (Lipinski definition) is 2. The van der Waals surface area contributed by atoms with Crippen LogP contribution in [0.1, 0.15) is 17.8 Å². The number of aryl methyl sites for hydroxylation is 1. The van der Waals surface area contributed by atoms with E-state index in [0.29, 0.717) is 18.2 Å². The maximum absolute atomic E-state index is 7.34. The molecule has 1 aliphatic heterocycles. The van der Waals surface area contributed by atoms with Crippen LogP contribution in [0, 0.1) is 18.3 Å². The number of amidine groups is 1. The molecule has 0 radical (unpaired) electrons. The van der Waals surface area contributed by atoms with Crippen molar-refractivity contribution in [1.29, 1.82) is 5.41 Å². The Morgan fingerprint density at radius 3 is 3.12 bits per heavy atom. The SMILES string of the molecule is Cc1cc(C(=N)N)nc(OCC2CCOC2)n1. The second-order valence-corrected chi connectivity index (χ2v) is 4.13. The van der Waals surface area contributed by atoms with Gasteiger partial charge in [-0.25, -0.2) is 4.98 Å². The first-order valence-electron chi connectivity index (χ1n) is 5.56. The standard InChI is InChI=1S/C11H16N4O2/c1-7-4-9(10(12)13)15-11(14-7)17-6-8-2-3-16-5-8/h4,8H,2-3,5-6H2,1H3,(H3,12,13). The lowest BCUT2D eigenvalue weighted by Gasteiger charge is -2.09. The molecule has 6 nitrogen and oxygen atoms in total. The number of nitrogens with one attached hydrogen (secondary N) is 1. The number of rotatable bonds is 4. The molecular formula is C11H16N4O2. The first kappa shape index (κ1) is 11.8. The smallest absolute Gasteiger partial charge is 0.317 e. The molecule has 1 fully saturated rings. The Kier molecular flexibility index (Phi) is 3.53. The third-order valence-corrected chi connectivity index (χ3v) is 2.58. The van der Waals surface area contributed by atoms with Gasteiger partial charge in [0, 0.05) is 18.2 Å². The predicted molar refractivity (Wildman–Crippen MR) is 62.2 cm³/mol. The summed E-state index contributed by atoms with van der Waals surface area (Å²) in [6.45, 7) is 3.88. The first-order valence-corrected chi connectivity index (χ1v) is 5.56. The van der Waals surface area contributed by atoms with Crippen molar-refractivity contribution in [2.45, 2.75) is 13.3 Å². The average Bonchev–Trinajstić information content (AvgIpc) is 2.78. The lowest BCUT2D eigenvalue weighted by molar-refractivity contribution is 0.163. The van der Waals surface area contributed by atoms with Crippen LogP contribution in [0.4, 0.5) is 0 Å². The summed E-state index contributed by atoms with van der Waals surface area (Å²) < 4.78 is 10.8. The van der Waals surface area contributed by atoms with E-state index in [-0.39, 0.29) is 11.8 Å². The Labute approximate surface area is 99.7 Å². The van der Waals surface area contributed by atoms with Gasteiger partial charge >= 0.3 is 6.01 Å². The quantitative estimate of drug-likeness (QED) is 0.586. The van der Waals surface area contributed by atoms with Gasteiger partial charge in [-0.1, -0.05) is 0 Å². The number of ether oxygens (including phenoxy) is 2. The van der Waals surface area contributed by atoms with E-state index in [0.717, 1.165) is 25.3 Å². The first-order chi connectivity index (χ1) is 8.15. The predicted octanol–water partition coefficient (Wildman–Crippen LogP) is 0.484. The molecule has 0 bridgehead atoms. The molecule has 0 aliphatic carbocycles. The summed E-state index contributed by atoms with van der Waals surface area (Å²) in [5.41, 5.74) is 6.52. The van der Waals surface area contributed by atoms with Crippen LogP contribution in [0.2, 0.25) is 0 Å². The van der Waals surface area contributed by atoms with E-state index in [1.165, 1.54) is 0 Å². The van der Waals surface area contributed by atoms with Gasteiger partial charge in [0.15, 0.2) is 0 Å². The van der Waals surface area contributed by atoms with Crippen molar-refractivity contribution in [3.63, 3.8) is 0 Å². The summed E-state index contributed by atoms with van der Waals surface area (Å²) in [4.78, 5) is 8.22. The van der Waals surface area contributed by atoms with Gasteiger partial charge in [-0.3, -0.25) is 5.41 Å². The largest absolute Gasteiger partial charge is 0.463 e. The van der Waals surface area contributed by atoms with Crippen LogP contribution in [0.3, 0.4) is 0 Å². The average molecular weight is 236 g/mol. The van der Waals surface area contributed by atoms with E-state index in [9.17, 15) is 0 Å². The number of nitrogens with two attached hydrogens (primary N) is 1. The third kappa shape index (κ3) is 3.13. The van der Waals surface area contributed by atoms with E-state index in [1.54, 1.807) is 6.07 Å². The highest BCUT2D eigenvalue weighted by Crippen LogP contribution is 2.14. The lowest BCUT2D eigenvalue weighted by Crippen LogP contribution is -2.17. The monoisotopic (exact) mass is 236 g/mol. The van der Waals surface area contributed by atoms with E-state index in [1.807, 2.05) is 6.92 Å². The second kappa shape index (κ2) is 5.09. The fourth-order valence-electron chi connectivity index (χ4n) is 1.65. The van der Waals surface area contributed by atoms with Crippen LogP contribution in [0.5, 0.6) is 6.01 Å². The minimum Gasteiger partial charge on any atom is -0.463 e. The number of aromatic nitrogens is 2. The molecule has 0 aromatic carbocycles. The molecule has 3 N–H and O–H groups in total. The van der Waals surface area contributed by atoms with Crippen LogP contribution in [-0.2, 0) is 4.74 Å². The van der Waals surface area contributed by atoms with Gasteiger partial charge in [0.25, 0.3) is 0 Å². The normalized spacial score (nSPS) is 19.2. The molecule has 17 heavy (non-hydrogen) atoms. The minimum absolute atomic E-state index is 0.0791. The maximum atomic E-state index is 7.34. The number of hydrogen-bond acceptors (Lipinski definition) is 5. The molecule has 0 spiro atoms. The Bertz CT molecular complexity index is 416. The van der Waals surface area contributed by atoms with Gasteiger partial charge in [0.1, 0.15) is 11.5 Å². The molecule has 2 heterocycles. The van der Waals surface area contributed by atoms with E-state index in [2.05, 4.69) is 9.97 Å². The lowest BCUT2D eigenvalue weighted by atomic mass is 10.1. The Hall–Kier alpha value is -1.69. The van der Waals surface area contributed by atoms with Crippen molar-refractivity contribution in [2.24, 2.45) is 11.7 Å². The highest BCUT2D eigenvalue weighted by atomic mass is 16.5. The summed E-state index contributed by atoms with van der Waals surface area (Å²) in [5, 5.41) is 7.34. The Balaban J connectivity index is 2.01. The van der Waals surface area contributed by atoms with Gasteiger partial charge in [-0.15, -0.1) is 0 Å². The zero-order chi connectivity index (χ0) is 12.3. The van der Waals surface area contributed by atoms with Gasteiger partial charge in [-0.05, 0) is 19.4 Å². The van der Waals surface area contributed by atoms with Crippen molar-refractivity contribution in [1.82, 2.24) is 9.97 Å². The van der Waals surface area contributed by atoms with Crippen molar-refractivity contribution in [3.05, 3.63) is 17.5 Å². The van der Waals surface area contributed by atoms with Gasteiger partial charge in [0.2, 0.25) is 0 Å². The Morgan fingerprint density at radius 1 is 1.65 bits per heavy atom. The summed E-state index contributed by atoms with van der Waals surface area (Å²) in [6, 6.07) is 1.94. The molecule has 2 rings (SSSR count). The molecule has 1 aliphatic rings. The fourth-order valence-corrected chi connectivity index (χ4v) is 1.65. The van der Waals surface area contributed by atoms with Crippen molar-refractivity contribution in [3.8, 4) is 6.01 Å². The van der Waals surface area contributed by atoms with Crippen molar-refractivity contribution >= 4 is 5.84 Å². The summed E-state index contributed by atoms with van der Waals surface area (Å²) in [7, 11) is 0. The molecule has 0 saturated carbocycles. The molecule has 1 unspecified atom stereocenters. The van der Waals surface area contributed by atoms with Crippen molar-refractivity contribution < 1.29 is 9.47 Å². The van der Waals surface area contributed by atoms with Crippen LogP contribution < -0.4 is 10.5 Å². The molecule has 1 aromatic rings. The molecule has 1 atom stereocenters. The molecular weight excluding hydrogens is 220 g/mol. The molecule has 92 valence electrons. The topological polar surface area (TPSA) is 94.1 Å². The zero-order valence-electron chi connectivity index (χ0n) is 9.77. The van der Waals surface area contributed by atoms with E-state index < -0.39 is 0 Å². The van der Waals surface area contributed by atoms with Gasteiger partial charge in [-0.2, -0.15) is 4.98 Å². The molecule has 1 saturated heterocycles. The van der Waals surface area contributed by atoms with Crippen molar-refractivity contribution in [2.75, 3.05) is 19.8 Å². The minimum atomic E-state index is -0.0791. The molecule has 0 amide bonds. The highest BCUT2D eigenvalue weighted by Gasteiger charge is 2.17. The van der Waals surface area contributed by atoms with Crippen LogP contribution in [-0.4, -0.2) is 35.6 Å². The second-order valence-electron chi connectivity index (χ2n) is 4.13. The number of nitrogen functional groups attached to an aromatic ring is 1. The molecule has 6 heteroatoms. The summed E-state index contributed by atoms with van der Waals surface area (Å²) >= 11 is 0. The van der Waals surface area contributed by atoms with Gasteiger partial charge in [0.05, 0.1) is 13.2 Å². The Morgan fingerprint density at radius 2 is 2.47 bits per heavy atom. The maximum Gasteiger partial charge on any atom is 0.317 e. The number of nitrogens with zero attached hydrogens (tertiary/aromatic N) is 2. The summed E-state index contributed by atoms with van der Waals surface area (Å²) in [6.07, 6.45) is 1.01. The summed E-state index contributed by atoms with van der Waals surface area (Å²) in [5.74, 6) is 0.324. The molecule has 1 aromatic heterocycles. The highest BCUT2D eigenvalue weighted by molar-refractivity contribution is 5.93.